The van der Waals surface area contributed by atoms with Gasteiger partial charge >= 0.3 is 5.97 Å². The van der Waals surface area contributed by atoms with Gasteiger partial charge in [-0.25, -0.2) is 4.79 Å². The van der Waals surface area contributed by atoms with Gasteiger partial charge in [0.25, 0.3) is 0 Å². The van der Waals surface area contributed by atoms with Crippen LogP contribution in [0.1, 0.15) is 30.4 Å². The molecule has 0 saturated heterocycles. The summed E-state index contributed by atoms with van der Waals surface area (Å²) in [4.78, 5) is 27.1. The minimum absolute atomic E-state index is 0.0735. The van der Waals surface area contributed by atoms with Crippen molar-refractivity contribution in [2.24, 2.45) is 0 Å². The molecule has 2 heterocycles. The van der Waals surface area contributed by atoms with E-state index < -0.39 is 11.9 Å². The molecular formula is C21H17Cl2NO3. The summed E-state index contributed by atoms with van der Waals surface area (Å²) in [5.74, 6) is -0.967. The molecule has 2 aliphatic rings. The molecule has 0 fully saturated rings. The van der Waals surface area contributed by atoms with Crippen LogP contribution >= 0.6 is 23.2 Å². The topological polar surface area (TPSA) is 46.6 Å². The molecule has 4 rings (SSSR count). The second-order valence-corrected chi connectivity index (χ2v) is 7.37. The summed E-state index contributed by atoms with van der Waals surface area (Å²) < 4.78 is 5.28. The van der Waals surface area contributed by atoms with E-state index in [1.165, 1.54) is 5.56 Å². The van der Waals surface area contributed by atoms with Gasteiger partial charge in [0.2, 0.25) is 5.91 Å². The summed E-state index contributed by atoms with van der Waals surface area (Å²) in [5.41, 5.74) is 3.66. The third-order valence-electron chi connectivity index (χ3n) is 5.08. The number of hydrogen-bond donors (Lipinski definition) is 0. The van der Waals surface area contributed by atoms with E-state index in [2.05, 4.69) is 6.92 Å². The molecule has 0 aliphatic carbocycles. The third-order valence-corrected chi connectivity index (χ3v) is 5.91. The molecule has 6 heteroatoms. The number of amides is 1. The Kier molecular flexibility index (Phi) is 4.70. The second-order valence-electron chi connectivity index (χ2n) is 6.59. The van der Waals surface area contributed by atoms with Crippen LogP contribution in [-0.2, 0) is 20.7 Å². The summed E-state index contributed by atoms with van der Waals surface area (Å²) >= 11 is 12.5. The highest BCUT2D eigenvalue weighted by atomic mass is 35.5. The maximum atomic E-state index is 13.0. The van der Waals surface area contributed by atoms with Crippen LogP contribution in [0.3, 0.4) is 0 Å². The zero-order valence-corrected chi connectivity index (χ0v) is 16.2. The minimum atomic E-state index is -0.458. The zero-order valence-electron chi connectivity index (χ0n) is 14.7. The average Bonchev–Trinajstić information content (AvgIpc) is 3.05. The van der Waals surface area contributed by atoms with Crippen molar-refractivity contribution < 1.29 is 14.3 Å². The lowest BCUT2D eigenvalue weighted by atomic mass is 9.84. The van der Waals surface area contributed by atoms with Gasteiger partial charge in [0.15, 0.2) is 0 Å². The Hall–Kier alpha value is -2.30. The molecule has 0 spiro atoms. The van der Waals surface area contributed by atoms with Crippen molar-refractivity contribution >= 4 is 40.8 Å². The Balaban J connectivity index is 1.82. The molecule has 4 nitrogen and oxygen atoms in total. The van der Waals surface area contributed by atoms with Gasteiger partial charge in [-0.05, 0) is 35.7 Å². The third kappa shape index (κ3) is 3.03. The van der Waals surface area contributed by atoms with Gasteiger partial charge in [-0.1, -0.05) is 54.4 Å². The number of nitrogens with zero attached hydrogens (tertiary/aromatic N) is 1. The first-order valence-electron chi connectivity index (χ1n) is 8.77. The number of benzene rings is 2. The van der Waals surface area contributed by atoms with Gasteiger partial charge in [0.1, 0.15) is 6.61 Å². The van der Waals surface area contributed by atoms with Crippen molar-refractivity contribution in [3.63, 3.8) is 0 Å². The van der Waals surface area contributed by atoms with Gasteiger partial charge in [-0.15, -0.1) is 0 Å². The second kappa shape index (κ2) is 7.02. The lowest BCUT2D eigenvalue weighted by Gasteiger charge is -2.32. The van der Waals surface area contributed by atoms with Crippen LogP contribution in [0.4, 0.5) is 5.69 Å². The van der Waals surface area contributed by atoms with E-state index in [1.54, 1.807) is 23.1 Å². The quantitative estimate of drug-likeness (QED) is 0.687. The molecular weight excluding hydrogens is 385 g/mol. The molecule has 0 bridgehead atoms. The van der Waals surface area contributed by atoms with Crippen molar-refractivity contribution in [3.8, 4) is 0 Å². The summed E-state index contributed by atoms with van der Waals surface area (Å²) in [7, 11) is 0. The van der Waals surface area contributed by atoms with Crippen LogP contribution in [0.15, 0.2) is 53.7 Å². The summed E-state index contributed by atoms with van der Waals surface area (Å²) in [6.07, 6.45) is 1.04. The normalized spacial score (nSPS) is 19.4. The van der Waals surface area contributed by atoms with E-state index in [0.717, 1.165) is 12.1 Å². The van der Waals surface area contributed by atoms with Crippen molar-refractivity contribution in [1.82, 2.24) is 0 Å². The fraction of sp³-hybridized carbons (Fsp3) is 0.238. The lowest BCUT2D eigenvalue weighted by Crippen LogP contribution is -2.37. The van der Waals surface area contributed by atoms with Crippen LogP contribution in [-0.4, -0.2) is 18.5 Å². The number of carbonyl (C=O) groups is 2. The van der Waals surface area contributed by atoms with Crippen LogP contribution in [0.2, 0.25) is 10.0 Å². The number of esters is 1. The molecule has 1 atom stereocenters. The molecule has 27 heavy (non-hydrogen) atoms. The first-order chi connectivity index (χ1) is 13.0. The number of anilines is 1. The Morgan fingerprint density at radius 1 is 1.11 bits per heavy atom. The number of aryl methyl sites for hydroxylation is 1. The average molecular weight is 402 g/mol. The van der Waals surface area contributed by atoms with Crippen LogP contribution in [0.25, 0.3) is 0 Å². The van der Waals surface area contributed by atoms with E-state index in [0.29, 0.717) is 26.9 Å². The van der Waals surface area contributed by atoms with Gasteiger partial charge < -0.3 is 4.74 Å². The maximum absolute atomic E-state index is 13.0. The van der Waals surface area contributed by atoms with Gasteiger partial charge in [0, 0.05) is 18.0 Å². The monoisotopic (exact) mass is 401 g/mol. The number of ether oxygens (including phenoxy) is 1. The summed E-state index contributed by atoms with van der Waals surface area (Å²) in [6.45, 7) is 2.15. The van der Waals surface area contributed by atoms with E-state index in [-0.39, 0.29) is 18.9 Å². The maximum Gasteiger partial charge on any atom is 0.336 e. The largest absolute Gasteiger partial charge is 0.456 e. The Morgan fingerprint density at radius 2 is 1.85 bits per heavy atom. The van der Waals surface area contributed by atoms with Crippen LogP contribution in [0, 0.1) is 0 Å². The lowest BCUT2D eigenvalue weighted by molar-refractivity contribution is -0.136. The van der Waals surface area contributed by atoms with Crippen molar-refractivity contribution in [2.75, 3.05) is 11.5 Å². The Labute approximate surface area is 167 Å². The number of hydrogen-bond acceptors (Lipinski definition) is 3. The molecule has 138 valence electrons. The molecule has 1 unspecified atom stereocenters. The van der Waals surface area contributed by atoms with Gasteiger partial charge in [-0.3, -0.25) is 9.69 Å². The van der Waals surface area contributed by atoms with E-state index in [4.69, 9.17) is 27.9 Å². The predicted molar refractivity (Wildman–Crippen MR) is 105 cm³/mol. The molecule has 0 radical (unpaired) electrons. The Bertz CT molecular complexity index is 966. The first kappa shape index (κ1) is 18.1. The smallest absolute Gasteiger partial charge is 0.336 e. The highest BCUT2D eigenvalue weighted by molar-refractivity contribution is 6.42. The number of cyclic esters (lactones) is 1. The number of carbonyl (C=O) groups excluding carboxylic acids is 2. The molecule has 2 aromatic rings. The molecule has 0 aromatic heterocycles. The molecule has 0 N–H and O–H groups in total. The van der Waals surface area contributed by atoms with E-state index in [1.807, 2.05) is 24.3 Å². The van der Waals surface area contributed by atoms with Crippen LogP contribution < -0.4 is 4.90 Å². The molecule has 1 amide bonds. The van der Waals surface area contributed by atoms with E-state index >= 15 is 0 Å². The fourth-order valence-electron chi connectivity index (χ4n) is 3.69. The van der Waals surface area contributed by atoms with E-state index in [9.17, 15) is 9.59 Å². The van der Waals surface area contributed by atoms with Crippen molar-refractivity contribution in [1.29, 1.82) is 0 Å². The molecule has 2 aromatic carbocycles. The first-order valence-corrected chi connectivity index (χ1v) is 9.52. The van der Waals surface area contributed by atoms with Crippen molar-refractivity contribution in [2.45, 2.75) is 25.7 Å². The highest BCUT2D eigenvalue weighted by Gasteiger charge is 2.43. The number of halogens is 2. The minimum Gasteiger partial charge on any atom is -0.456 e. The summed E-state index contributed by atoms with van der Waals surface area (Å²) in [5, 5.41) is 0.761. The SMILES string of the molecule is CCc1ccc(N2C(=O)CC(c3cccc(Cl)c3Cl)C3=C2COC3=O)cc1. The molecule has 0 saturated carbocycles. The number of rotatable bonds is 3. The fourth-order valence-corrected chi connectivity index (χ4v) is 4.13. The Morgan fingerprint density at radius 3 is 2.56 bits per heavy atom. The van der Waals surface area contributed by atoms with Crippen molar-refractivity contribution in [3.05, 3.63) is 74.9 Å². The standard InChI is InChI=1S/C21H17Cl2NO3/c1-2-12-6-8-13(9-7-12)24-17-11-27-21(26)19(17)15(10-18(24)25)14-4-3-5-16(22)20(14)23/h3-9,15H,2,10-11H2,1H3. The molecule has 2 aliphatic heterocycles. The van der Waals surface area contributed by atoms with Gasteiger partial charge in [-0.2, -0.15) is 0 Å². The summed E-state index contributed by atoms with van der Waals surface area (Å²) in [6, 6.07) is 13.0. The predicted octanol–water partition coefficient (Wildman–Crippen LogP) is 4.89. The van der Waals surface area contributed by atoms with Crippen LogP contribution in [0.5, 0.6) is 0 Å². The zero-order chi connectivity index (χ0) is 19.1. The van der Waals surface area contributed by atoms with Gasteiger partial charge in [0.05, 0.1) is 21.3 Å². The highest BCUT2D eigenvalue weighted by Crippen LogP contribution is 2.44.